The number of halogens is 2. The number of hydrogen-bond acceptors (Lipinski definition) is 2. The number of aryl methyl sites for hydroxylation is 2. The van der Waals surface area contributed by atoms with Crippen molar-refractivity contribution in [2.45, 2.75) is 13.8 Å². The third-order valence-corrected chi connectivity index (χ3v) is 4.25. The van der Waals surface area contributed by atoms with Crippen LogP contribution in [0.3, 0.4) is 0 Å². The van der Waals surface area contributed by atoms with Crippen molar-refractivity contribution >= 4 is 31.9 Å². The van der Waals surface area contributed by atoms with Gasteiger partial charge in [0, 0.05) is 0 Å². The summed E-state index contributed by atoms with van der Waals surface area (Å²) in [7, 11) is 0. The lowest BCUT2D eigenvalue weighted by atomic mass is 10.2. The van der Waals surface area contributed by atoms with Crippen molar-refractivity contribution in [2.24, 2.45) is 0 Å². The van der Waals surface area contributed by atoms with Crippen LogP contribution in [-0.2, 0) is 0 Å². The third kappa shape index (κ3) is 5.96. The Morgan fingerprint density at radius 2 is 1.17 bits per heavy atom. The summed E-state index contributed by atoms with van der Waals surface area (Å²) >= 11 is 6.92. The Hall–Kier alpha value is -1.88. The fourth-order valence-corrected chi connectivity index (χ4v) is 3.05. The predicted octanol–water partition coefficient (Wildman–Crippen LogP) is 5.29. The van der Waals surface area contributed by atoms with Crippen molar-refractivity contribution in [3.05, 3.63) is 56.5 Å². The number of rotatable bonds is 4. The highest BCUT2D eigenvalue weighted by Gasteiger charge is 2.00. The Morgan fingerprint density at radius 1 is 0.750 bits per heavy atom. The van der Waals surface area contributed by atoms with E-state index >= 15 is 0 Å². The van der Waals surface area contributed by atoms with Crippen molar-refractivity contribution in [3.8, 4) is 35.2 Å². The molecule has 2 nitrogen and oxygen atoms in total. The molecule has 24 heavy (non-hydrogen) atoms. The van der Waals surface area contributed by atoms with E-state index in [1.54, 1.807) is 0 Å². The summed E-state index contributed by atoms with van der Waals surface area (Å²) in [5, 5.41) is 0. The van der Waals surface area contributed by atoms with Crippen molar-refractivity contribution in [3.63, 3.8) is 0 Å². The maximum atomic E-state index is 5.57. The van der Waals surface area contributed by atoms with Gasteiger partial charge in [-0.3, -0.25) is 0 Å². The number of benzene rings is 2. The summed E-state index contributed by atoms with van der Waals surface area (Å²) in [4.78, 5) is 0. The van der Waals surface area contributed by atoms with Crippen LogP contribution >= 0.6 is 31.9 Å². The highest BCUT2D eigenvalue weighted by atomic mass is 79.9. The van der Waals surface area contributed by atoms with Gasteiger partial charge in [0.25, 0.3) is 0 Å². The molecule has 0 radical (unpaired) electrons. The molecule has 0 aliphatic carbocycles. The average molecular weight is 448 g/mol. The second-order valence-electron chi connectivity index (χ2n) is 5.05. The maximum Gasteiger partial charge on any atom is 0.150 e. The second kappa shape index (κ2) is 9.42. The fourth-order valence-electron chi connectivity index (χ4n) is 1.83. The lowest BCUT2D eigenvalue weighted by molar-refractivity contribution is 0.367. The Balaban J connectivity index is 1.76. The zero-order valence-electron chi connectivity index (χ0n) is 13.5. The van der Waals surface area contributed by atoms with E-state index in [0.717, 1.165) is 20.4 Å². The summed E-state index contributed by atoms with van der Waals surface area (Å²) in [5.74, 6) is 12.8. The van der Waals surface area contributed by atoms with Gasteiger partial charge in [-0.15, -0.1) is 0 Å². The molecule has 0 bridgehead atoms. The molecule has 0 saturated carbocycles. The molecule has 0 heterocycles. The summed E-state index contributed by atoms with van der Waals surface area (Å²) in [6.45, 7) is 4.64. The van der Waals surface area contributed by atoms with Crippen LogP contribution in [0.25, 0.3) is 0 Å². The van der Waals surface area contributed by atoms with E-state index < -0.39 is 0 Å². The molecule has 0 N–H and O–H groups in total. The van der Waals surface area contributed by atoms with Crippen LogP contribution in [0.2, 0.25) is 0 Å². The van der Waals surface area contributed by atoms with Gasteiger partial charge in [-0.25, -0.2) is 0 Å². The van der Waals surface area contributed by atoms with Gasteiger partial charge in [0.2, 0.25) is 0 Å². The second-order valence-corrected chi connectivity index (χ2v) is 6.76. The van der Waals surface area contributed by atoms with Crippen molar-refractivity contribution in [1.82, 2.24) is 0 Å². The molecule has 2 aromatic carbocycles. The summed E-state index contributed by atoms with van der Waals surface area (Å²) in [6, 6.07) is 11.8. The minimum absolute atomic E-state index is 0.292. The highest BCUT2D eigenvalue weighted by Crippen LogP contribution is 2.26. The Bertz CT molecular complexity index is 765. The Morgan fingerprint density at radius 3 is 1.54 bits per heavy atom. The summed E-state index contributed by atoms with van der Waals surface area (Å²) < 4.78 is 13.0. The molecule has 0 aliphatic rings. The molecule has 0 saturated heterocycles. The normalized spacial score (nSPS) is 9.33. The lowest BCUT2D eigenvalue weighted by Gasteiger charge is -2.05. The molecular weight excluding hydrogens is 432 g/mol. The molecule has 122 valence electrons. The van der Waals surface area contributed by atoms with Crippen molar-refractivity contribution in [2.75, 3.05) is 13.2 Å². The van der Waals surface area contributed by atoms with E-state index in [1.807, 2.05) is 50.2 Å². The van der Waals surface area contributed by atoms with Crippen LogP contribution < -0.4 is 9.47 Å². The summed E-state index contributed by atoms with van der Waals surface area (Å²) in [5.41, 5.74) is 2.35. The van der Waals surface area contributed by atoms with Gasteiger partial charge in [0.15, 0.2) is 0 Å². The number of ether oxygens (including phenoxy) is 2. The molecule has 0 aliphatic heterocycles. The quantitative estimate of drug-likeness (QED) is 0.592. The molecule has 2 aromatic rings. The Labute approximate surface area is 159 Å². The molecular formula is C20H16Br2O2. The molecule has 4 heteroatoms. The largest absolute Gasteiger partial charge is 0.480 e. The average Bonchev–Trinajstić information content (AvgIpc) is 2.53. The Kier molecular flexibility index (Phi) is 7.25. The smallest absolute Gasteiger partial charge is 0.150 e. The van der Waals surface area contributed by atoms with Gasteiger partial charge in [0.1, 0.15) is 24.7 Å². The first-order chi connectivity index (χ1) is 11.6. The zero-order valence-corrected chi connectivity index (χ0v) is 16.6. The minimum Gasteiger partial charge on any atom is -0.480 e. The SMILES string of the molecule is Cc1ccc(OCC#CC#CCOc2ccc(C)cc2Br)c(Br)c1. The van der Waals surface area contributed by atoms with Crippen LogP contribution in [0.4, 0.5) is 0 Å². The minimum atomic E-state index is 0.292. The predicted molar refractivity (Wildman–Crippen MR) is 104 cm³/mol. The van der Waals surface area contributed by atoms with Crippen molar-refractivity contribution < 1.29 is 9.47 Å². The van der Waals surface area contributed by atoms with Crippen LogP contribution in [0.1, 0.15) is 11.1 Å². The topological polar surface area (TPSA) is 18.5 Å². The molecule has 0 unspecified atom stereocenters. The molecule has 0 atom stereocenters. The molecule has 0 fully saturated rings. The first kappa shape index (κ1) is 18.5. The molecule has 0 aromatic heterocycles. The summed E-state index contributed by atoms with van der Waals surface area (Å²) in [6.07, 6.45) is 0. The van der Waals surface area contributed by atoms with Gasteiger partial charge in [-0.2, -0.15) is 0 Å². The van der Waals surface area contributed by atoms with Crippen LogP contribution in [-0.4, -0.2) is 13.2 Å². The van der Waals surface area contributed by atoms with E-state index in [-0.39, 0.29) is 0 Å². The van der Waals surface area contributed by atoms with Crippen LogP contribution in [0.5, 0.6) is 11.5 Å². The fraction of sp³-hybridized carbons (Fsp3) is 0.200. The van der Waals surface area contributed by atoms with Gasteiger partial charge >= 0.3 is 0 Å². The first-order valence-corrected chi connectivity index (χ1v) is 8.88. The van der Waals surface area contributed by atoms with E-state index in [1.165, 1.54) is 11.1 Å². The van der Waals surface area contributed by atoms with Gasteiger partial charge in [-0.05, 0) is 105 Å². The van der Waals surface area contributed by atoms with Crippen LogP contribution in [0, 0.1) is 37.5 Å². The van der Waals surface area contributed by atoms with E-state index in [9.17, 15) is 0 Å². The maximum absolute atomic E-state index is 5.57. The van der Waals surface area contributed by atoms with E-state index in [2.05, 4.69) is 55.5 Å². The van der Waals surface area contributed by atoms with Gasteiger partial charge < -0.3 is 9.47 Å². The third-order valence-electron chi connectivity index (χ3n) is 3.01. The molecule has 0 spiro atoms. The van der Waals surface area contributed by atoms with Gasteiger partial charge in [-0.1, -0.05) is 12.1 Å². The number of hydrogen-bond donors (Lipinski definition) is 0. The first-order valence-electron chi connectivity index (χ1n) is 7.30. The monoisotopic (exact) mass is 446 g/mol. The van der Waals surface area contributed by atoms with Gasteiger partial charge in [0.05, 0.1) is 8.95 Å². The van der Waals surface area contributed by atoms with E-state index in [0.29, 0.717) is 13.2 Å². The molecule has 2 rings (SSSR count). The highest BCUT2D eigenvalue weighted by molar-refractivity contribution is 9.10. The van der Waals surface area contributed by atoms with E-state index in [4.69, 9.17) is 9.47 Å². The standard InChI is InChI=1S/C20H16Br2O2/c1-15-7-9-19(17(21)13-15)23-11-5-3-4-6-12-24-20-10-8-16(2)14-18(20)22/h7-10,13-14H,11-12H2,1-2H3. The lowest BCUT2D eigenvalue weighted by Crippen LogP contribution is -1.95. The van der Waals surface area contributed by atoms with Crippen LogP contribution in [0.15, 0.2) is 45.3 Å². The zero-order chi connectivity index (χ0) is 17.4. The molecule has 0 amide bonds. The van der Waals surface area contributed by atoms with Crippen molar-refractivity contribution in [1.29, 1.82) is 0 Å².